The molecule has 106 valence electrons. The zero-order chi connectivity index (χ0) is 14.9. The van der Waals surface area contributed by atoms with Gasteiger partial charge in [-0.1, -0.05) is 34.8 Å². The molecule has 3 N–H and O–H groups in total. The van der Waals surface area contributed by atoms with E-state index in [2.05, 4.69) is 5.32 Å². The quantitative estimate of drug-likeness (QED) is 0.674. The van der Waals surface area contributed by atoms with Crippen molar-refractivity contribution in [2.45, 2.75) is 13.0 Å². The highest BCUT2D eigenvalue weighted by molar-refractivity contribution is 6.44. The summed E-state index contributed by atoms with van der Waals surface area (Å²) in [7, 11) is 0. The van der Waals surface area contributed by atoms with Gasteiger partial charge in [-0.3, -0.25) is 0 Å². The van der Waals surface area contributed by atoms with Crippen LogP contribution in [0, 0.1) is 0 Å². The monoisotopic (exact) mass is 331 g/mol. The average molecular weight is 333 g/mol. The Hall–Kier alpha value is -1.29. The van der Waals surface area contributed by atoms with Crippen LogP contribution in [-0.4, -0.2) is 10.2 Å². The second-order valence-electron chi connectivity index (χ2n) is 4.39. The molecule has 0 saturated carbocycles. The number of phenols is 2. The molecule has 0 aromatic heterocycles. The van der Waals surface area contributed by atoms with Gasteiger partial charge in [0.05, 0.1) is 20.8 Å². The van der Waals surface area contributed by atoms with Gasteiger partial charge in [-0.2, -0.15) is 0 Å². The molecular weight excluding hydrogens is 321 g/mol. The number of hydrogen-bond acceptors (Lipinski definition) is 3. The number of aromatic hydroxyl groups is 2. The lowest BCUT2D eigenvalue weighted by Gasteiger charge is -2.18. The summed E-state index contributed by atoms with van der Waals surface area (Å²) < 4.78 is 0. The fourth-order valence-electron chi connectivity index (χ4n) is 1.82. The Balaban J connectivity index is 2.27. The molecule has 0 fully saturated rings. The first kappa shape index (κ1) is 15.1. The summed E-state index contributed by atoms with van der Waals surface area (Å²) in [6.07, 6.45) is 0. The van der Waals surface area contributed by atoms with E-state index in [0.29, 0.717) is 26.3 Å². The summed E-state index contributed by atoms with van der Waals surface area (Å²) in [5.74, 6) is -0.0113. The Morgan fingerprint density at radius 3 is 2.00 bits per heavy atom. The molecule has 6 heteroatoms. The molecular formula is C14H12Cl3NO2. The van der Waals surface area contributed by atoms with Crippen LogP contribution in [0.15, 0.2) is 30.3 Å². The molecule has 2 aromatic rings. The van der Waals surface area contributed by atoms with Gasteiger partial charge in [0, 0.05) is 12.1 Å². The van der Waals surface area contributed by atoms with Crippen LogP contribution in [0.3, 0.4) is 0 Å². The summed E-state index contributed by atoms with van der Waals surface area (Å²) in [6, 6.07) is 7.38. The maximum atomic E-state index is 9.49. The van der Waals surface area contributed by atoms with Crippen LogP contribution in [0.5, 0.6) is 11.5 Å². The van der Waals surface area contributed by atoms with Gasteiger partial charge >= 0.3 is 0 Å². The van der Waals surface area contributed by atoms with Crippen molar-refractivity contribution in [2.24, 2.45) is 0 Å². The van der Waals surface area contributed by atoms with Gasteiger partial charge in [-0.05, 0) is 36.8 Å². The van der Waals surface area contributed by atoms with E-state index < -0.39 is 0 Å². The van der Waals surface area contributed by atoms with Crippen LogP contribution < -0.4 is 5.32 Å². The summed E-state index contributed by atoms with van der Waals surface area (Å²) in [6.45, 7) is 1.87. The maximum Gasteiger partial charge on any atom is 0.119 e. The van der Waals surface area contributed by atoms with E-state index in [9.17, 15) is 10.2 Å². The number of hydrogen-bond donors (Lipinski definition) is 3. The van der Waals surface area contributed by atoms with Crippen LogP contribution in [0.4, 0.5) is 5.69 Å². The van der Waals surface area contributed by atoms with Gasteiger partial charge in [0.15, 0.2) is 0 Å². The first-order valence-electron chi connectivity index (χ1n) is 5.81. The SMILES string of the molecule is CC(Nc1cc(Cl)c(Cl)cc1Cl)c1cc(O)cc(O)c1. The van der Waals surface area contributed by atoms with Gasteiger partial charge in [-0.15, -0.1) is 0 Å². The number of benzene rings is 2. The minimum atomic E-state index is -0.192. The van der Waals surface area contributed by atoms with E-state index >= 15 is 0 Å². The van der Waals surface area contributed by atoms with Crippen molar-refractivity contribution in [1.29, 1.82) is 0 Å². The third-order valence-corrected chi connectivity index (χ3v) is 3.84. The van der Waals surface area contributed by atoms with Crippen LogP contribution in [-0.2, 0) is 0 Å². The molecule has 1 atom stereocenters. The molecule has 2 rings (SSSR count). The molecule has 0 radical (unpaired) electrons. The molecule has 20 heavy (non-hydrogen) atoms. The predicted octanol–water partition coefficient (Wildman–Crippen LogP) is 5.23. The third-order valence-electron chi connectivity index (χ3n) is 2.81. The first-order valence-corrected chi connectivity index (χ1v) is 6.94. The van der Waals surface area contributed by atoms with E-state index in [1.165, 1.54) is 6.07 Å². The van der Waals surface area contributed by atoms with Crippen molar-refractivity contribution in [1.82, 2.24) is 0 Å². The van der Waals surface area contributed by atoms with Crippen LogP contribution >= 0.6 is 34.8 Å². The van der Waals surface area contributed by atoms with Crippen molar-refractivity contribution in [3.05, 3.63) is 51.0 Å². The molecule has 0 heterocycles. The largest absolute Gasteiger partial charge is 0.508 e. The predicted molar refractivity (Wildman–Crippen MR) is 83.3 cm³/mol. The first-order chi connectivity index (χ1) is 9.36. The van der Waals surface area contributed by atoms with E-state index in [1.54, 1.807) is 24.3 Å². The maximum absolute atomic E-state index is 9.49. The van der Waals surface area contributed by atoms with Crippen molar-refractivity contribution >= 4 is 40.5 Å². The lowest BCUT2D eigenvalue weighted by Crippen LogP contribution is -2.07. The minimum Gasteiger partial charge on any atom is -0.508 e. The molecule has 2 aromatic carbocycles. The lowest BCUT2D eigenvalue weighted by atomic mass is 10.1. The molecule has 0 bridgehead atoms. The zero-order valence-corrected chi connectivity index (χ0v) is 12.8. The fourth-order valence-corrected chi connectivity index (χ4v) is 2.42. The molecule has 0 saturated heterocycles. The van der Waals surface area contributed by atoms with Crippen LogP contribution in [0.25, 0.3) is 0 Å². The number of halogens is 3. The zero-order valence-electron chi connectivity index (χ0n) is 10.5. The van der Waals surface area contributed by atoms with Crippen LogP contribution in [0.2, 0.25) is 15.1 Å². The Labute approximate surface area is 131 Å². The van der Waals surface area contributed by atoms with Crippen molar-refractivity contribution in [2.75, 3.05) is 5.32 Å². The van der Waals surface area contributed by atoms with Gasteiger partial charge < -0.3 is 15.5 Å². The summed E-state index contributed by atoms with van der Waals surface area (Å²) in [5.41, 5.74) is 1.33. The molecule has 3 nitrogen and oxygen atoms in total. The fraction of sp³-hybridized carbons (Fsp3) is 0.143. The topological polar surface area (TPSA) is 52.5 Å². The van der Waals surface area contributed by atoms with E-state index in [0.717, 1.165) is 0 Å². The van der Waals surface area contributed by atoms with Crippen molar-refractivity contribution in [3.8, 4) is 11.5 Å². The Morgan fingerprint density at radius 1 is 0.850 bits per heavy atom. The Bertz CT molecular complexity index is 626. The second-order valence-corrected chi connectivity index (χ2v) is 5.62. The van der Waals surface area contributed by atoms with Gasteiger partial charge in [0.1, 0.15) is 11.5 Å². The summed E-state index contributed by atoms with van der Waals surface area (Å²) in [5, 5.41) is 23.3. The van der Waals surface area contributed by atoms with Crippen molar-refractivity contribution < 1.29 is 10.2 Å². The highest BCUT2D eigenvalue weighted by Gasteiger charge is 2.12. The molecule has 0 aliphatic heterocycles. The number of nitrogens with one attached hydrogen (secondary N) is 1. The van der Waals surface area contributed by atoms with E-state index in [4.69, 9.17) is 34.8 Å². The summed E-state index contributed by atoms with van der Waals surface area (Å²) >= 11 is 17.9. The van der Waals surface area contributed by atoms with E-state index in [1.807, 2.05) is 6.92 Å². The lowest BCUT2D eigenvalue weighted by molar-refractivity contribution is 0.448. The normalized spacial score (nSPS) is 12.2. The summed E-state index contributed by atoms with van der Waals surface area (Å²) in [4.78, 5) is 0. The highest BCUT2D eigenvalue weighted by atomic mass is 35.5. The molecule has 0 amide bonds. The van der Waals surface area contributed by atoms with Crippen molar-refractivity contribution in [3.63, 3.8) is 0 Å². The standard InChI is InChI=1S/C14H12Cl3NO2/c1-7(8-2-9(19)4-10(20)3-8)18-14-6-12(16)11(15)5-13(14)17/h2-7,18-20H,1H3. The third kappa shape index (κ3) is 3.42. The average Bonchev–Trinajstić information content (AvgIpc) is 2.34. The Morgan fingerprint density at radius 2 is 1.40 bits per heavy atom. The smallest absolute Gasteiger partial charge is 0.119 e. The molecule has 0 spiro atoms. The molecule has 0 aliphatic rings. The molecule has 0 aliphatic carbocycles. The van der Waals surface area contributed by atoms with Crippen LogP contribution in [0.1, 0.15) is 18.5 Å². The highest BCUT2D eigenvalue weighted by Crippen LogP contribution is 2.35. The Kier molecular flexibility index (Phi) is 4.53. The molecule has 1 unspecified atom stereocenters. The minimum absolute atomic E-state index is 0.00566. The second kappa shape index (κ2) is 6.00. The number of phenolic OH excluding ortho intramolecular Hbond substituents is 2. The van der Waals surface area contributed by atoms with Gasteiger partial charge in [0.25, 0.3) is 0 Å². The van der Waals surface area contributed by atoms with Gasteiger partial charge in [0.2, 0.25) is 0 Å². The number of rotatable bonds is 3. The van der Waals surface area contributed by atoms with Gasteiger partial charge in [-0.25, -0.2) is 0 Å². The van der Waals surface area contributed by atoms with E-state index in [-0.39, 0.29) is 17.5 Å². The number of anilines is 1.